The molecule has 0 radical (unpaired) electrons. The number of para-hydroxylation sites is 1. The summed E-state index contributed by atoms with van der Waals surface area (Å²) in [4.78, 5) is 32.4. The molecule has 31 heavy (non-hydrogen) atoms. The van der Waals surface area contributed by atoms with Crippen LogP contribution in [-0.2, 0) is 0 Å². The number of hydrogen-bond acceptors (Lipinski definition) is 7. The molecule has 1 amide bonds. The van der Waals surface area contributed by atoms with Crippen LogP contribution >= 0.6 is 0 Å². The van der Waals surface area contributed by atoms with Gasteiger partial charge in [-0.3, -0.25) is 9.59 Å². The van der Waals surface area contributed by atoms with Crippen molar-refractivity contribution in [3.63, 3.8) is 0 Å². The van der Waals surface area contributed by atoms with Crippen LogP contribution in [0.3, 0.4) is 0 Å². The third-order valence-corrected chi connectivity index (χ3v) is 5.40. The molecule has 2 unspecified atom stereocenters. The van der Waals surface area contributed by atoms with Gasteiger partial charge in [0.15, 0.2) is 6.29 Å². The Kier molecular flexibility index (Phi) is 5.92. The van der Waals surface area contributed by atoms with E-state index in [0.29, 0.717) is 29.8 Å². The van der Waals surface area contributed by atoms with E-state index in [1.165, 1.54) is 18.1 Å². The van der Waals surface area contributed by atoms with Crippen molar-refractivity contribution in [3.05, 3.63) is 60.0 Å². The van der Waals surface area contributed by atoms with Gasteiger partial charge in [-0.2, -0.15) is 15.0 Å². The fourth-order valence-corrected chi connectivity index (χ4v) is 3.75. The zero-order chi connectivity index (χ0) is 21.8. The molecule has 0 aliphatic carbocycles. The van der Waals surface area contributed by atoms with Gasteiger partial charge in [0, 0.05) is 12.2 Å². The summed E-state index contributed by atoms with van der Waals surface area (Å²) in [6.07, 6.45) is 6.55. The van der Waals surface area contributed by atoms with Crippen LogP contribution in [0.2, 0.25) is 0 Å². The second-order valence-electron chi connectivity index (χ2n) is 7.31. The van der Waals surface area contributed by atoms with E-state index in [4.69, 9.17) is 9.47 Å². The number of piperidine rings is 1. The van der Waals surface area contributed by atoms with Gasteiger partial charge in [-0.05, 0) is 38.0 Å². The van der Waals surface area contributed by atoms with Gasteiger partial charge in [-0.1, -0.05) is 12.1 Å². The minimum atomic E-state index is -0.298. The normalized spacial score (nSPS) is 18.5. The quantitative estimate of drug-likeness (QED) is 0.564. The van der Waals surface area contributed by atoms with Crippen molar-refractivity contribution in [2.24, 2.45) is 0 Å². The molecule has 9 nitrogen and oxygen atoms in total. The summed E-state index contributed by atoms with van der Waals surface area (Å²) in [6.45, 7) is 2.39. The van der Waals surface area contributed by atoms with Crippen LogP contribution in [0.25, 0.3) is 5.69 Å². The van der Waals surface area contributed by atoms with Gasteiger partial charge < -0.3 is 14.4 Å². The maximum atomic E-state index is 13.5. The summed E-state index contributed by atoms with van der Waals surface area (Å²) in [7, 11) is 1.49. The molecule has 2 atom stereocenters. The summed E-state index contributed by atoms with van der Waals surface area (Å²) in [5.74, 6) is 0.489. The summed E-state index contributed by atoms with van der Waals surface area (Å²) >= 11 is 0. The zero-order valence-corrected chi connectivity index (χ0v) is 17.3. The van der Waals surface area contributed by atoms with Crippen molar-refractivity contribution >= 4 is 12.2 Å². The van der Waals surface area contributed by atoms with E-state index in [1.54, 1.807) is 29.4 Å². The number of carbonyl (C=O) groups is 2. The van der Waals surface area contributed by atoms with Crippen molar-refractivity contribution < 1.29 is 19.1 Å². The lowest BCUT2D eigenvalue weighted by Crippen LogP contribution is -2.49. The van der Waals surface area contributed by atoms with E-state index in [1.807, 2.05) is 25.1 Å². The Balaban J connectivity index is 1.57. The summed E-state index contributed by atoms with van der Waals surface area (Å²) in [5, 5.41) is 8.31. The fourth-order valence-electron chi connectivity index (χ4n) is 3.75. The average Bonchev–Trinajstić information content (AvgIpc) is 3.34. The molecule has 160 valence electrons. The number of likely N-dealkylation sites (tertiary alicyclic amines) is 1. The molecule has 1 aliphatic heterocycles. The molecule has 0 spiro atoms. The van der Waals surface area contributed by atoms with Gasteiger partial charge in [0.25, 0.3) is 5.91 Å². The van der Waals surface area contributed by atoms with E-state index < -0.39 is 0 Å². The summed E-state index contributed by atoms with van der Waals surface area (Å²) in [5.41, 5.74) is 1.39. The second-order valence-corrected chi connectivity index (χ2v) is 7.31. The number of methoxy groups -OCH3 is 1. The maximum absolute atomic E-state index is 13.5. The first-order valence-electron chi connectivity index (χ1n) is 10.0. The van der Waals surface area contributed by atoms with Crippen LogP contribution in [0.5, 0.6) is 11.6 Å². The number of hydrogen-bond donors (Lipinski definition) is 0. The number of benzene rings is 1. The van der Waals surface area contributed by atoms with Gasteiger partial charge in [-0.15, -0.1) is 0 Å². The Hall–Kier alpha value is -3.75. The highest BCUT2D eigenvalue weighted by Gasteiger charge is 2.32. The molecule has 1 aromatic carbocycles. The van der Waals surface area contributed by atoms with E-state index >= 15 is 0 Å². The highest BCUT2D eigenvalue weighted by molar-refractivity contribution is 5.98. The van der Waals surface area contributed by atoms with Gasteiger partial charge in [-0.25, -0.2) is 4.98 Å². The molecule has 1 aliphatic rings. The average molecular weight is 421 g/mol. The molecule has 3 aromatic rings. The number of amides is 1. The van der Waals surface area contributed by atoms with Crippen LogP contribution in [0, 0.1) is 0 Å². The highest BCUT2D eigenvalue weighted by atomic mass is 16.5. The first-order valence-corrected chi connectivity index (χ1v) is 10.0. The van der Waals surface area contributed by atoms with Crippen LogP contribution in [0.15, 0.2) is 48.9 Å². The molecule has 1 saturated heterocycles. The highest BCUT2D eigenvalue weighted by Crippen LogP contribution is 2.28. The number of rotatable bonds is 6. The lowest BCUT2D eigenvalue weighted by Gasteiger charge is -2.38. The first kappa shape index (κ1) is 20.5. The van der Waals surface area contributed by atoms with Gasteiger partial charge >= 0.3 is 0 Å². The van der Waals surface area contributed by atoms with Crippen molar-refractivity contribution in [3.8, 4) is 17.3 Å². The molecule has 3 heterocycles. The van der Waals surface area contributed by atoms with Gasteiger partial charge in [0.1, 0.15) is 17.4 Å². The molecule has 4 rings (SSSR count). The lowest BCUT2D eigenvalue weighted by atomic mass is 9.99. The largest absolute Gasteiger partial charge is 0.496 e. The van der Waals surface area contributed by atoms with Crippen molar-refractivity contribution in [2.75, 3.05) is 13.7 Å². The predicted molar refractivity (Wildman–Crippen MR) is 112 cm³/mol. The van der Waals surface area contributed by atoms with E-state index in [2.05, 4.69) is 15.2 Å². The minimum absolute atomic E-state index is 0.0368. The van der Waals surface area contributed by atoms with Crippen LogP contribution in [-0.4, -0.2) is 62.9 Å². The third kappa shape index (κ3) is 4.11. The van der Waals surface area contributed by atoms with Crippen molar-refractivity contribution in [1.82, 2.24) is 24.9 Å². The van der Waals surface area contributed by atoms with Gasteiger partial charge in [0.05, 0.1) is 37.3 Å². The monoisotopic (exact) mass is 421 g/mol. The van der Waals surface area contributed by atoms with E-state index in [0.717, 1.165) is 12.8 Å². The number of ether oxygens (including phenoxy) is 2. The number of carbonyl (C=O) groups excluding carboxylic acids is 2. The Morgan fingerprint density at radius 3 is 2.65 bits per heavy atom. The maximum Gasteiger partial charge on any atom is 0.256 e. The molecule has 1 fully saturated rings. The lowest BCUT2D eigenvalue weighted by molar-refractivity contribution is 0.0369. The predicted octanol–water partition coefficient (Wildman–Crippen LogP) is 2.56. The number of aromatic nitrogens is 4. The van der Waals surface area contributed by atoms with E-state index in [9.17, 15) is 9.59 Å². The van der Waals surface area contributed by atoms with Crippen molar-refractivity contribution in [1.29, 1.82) is 0 Å². The SMILES string of the molecule is COc1ccnc(OC2CCC(C)N(C(=O)c3ccccc3-n3nccn3)C2)c1C=O. The molecular formula is C22H23N5O4. The Bertz CT molecular complexity index is 1070. The summed E-state index contributed by atoms with van der Waals surface area (Å²) < 4.78 is 11.3. The standard InChI is InChI=1S/C22H23N5O4/c1-15-7-8-16(31-21-18(14-28)20(30-2)9-10-23-21)13-26(15)22(29)17-5-3-4-6-19(17)27-24-11-12-25-27/h3-6,9-12,14-16H,7-8,13H2,1-2H3. The topological polar surface area (TPSA) is 99.4 Å². The smallest absolute Gasteiger partial charge is 0.256 e. The Labute approximate surface area is 179 Å². The molecular weight excluding hydrogens is 398 g/mol. The minimum Gasteiger partial charge on any atom is -0.496 e. The Morgan fingerprint density at radius 2 is 1.90 bits per heavy atom. The zero-order valence-electron chi connectivity index (χ0n) is 17.3. The van der Waals surface area contributed by atoms with Crippen LogP contribution in [0.4, 0.5) is 0 Å². The number of nitrogens with zero attached hydrogens (tertiary/aromatic N) is 5. The Morgan fingerprint density at radius 1 is 1.13 bits per heavy atom. The summed E-state index contributed by atoms with van der Waals surface area (Å²) in [6, 6.07) is 8.89. The van der Waals surface area contributed by atoms with Gasteiger partial charge in [0.2, 0.25) is 5.88 Å². The first-order chi connectivity index (χ1) is 15.1. The molecule has 0 saturated carbocycles. The fraction of sp³-hybridized carbons (Fsp3) is 0.318. The second kappa shape index (κ2) is 8.95. The molecule has 0 N–H and O–H groups in total. The van der Waals surface area contributed by atoms with Crippen molar-refractivity contribution in [2.45, 2.75) is 31.9 Å². The third-order valence-electron chi connectivity index (χ3n) is 5.40. The molecule has 2 aromatic heterocycles. The number of aldehydes is 1. The van der Waals surface area contributed by atoms with Crippen LogP contribution in [0.1, 0.15) is 40.5 Å². The number of pyridine rings is 1. The van der Waals surface area contributed by atoms with E-state index in [-0.39, 0.29) is 29.5 Å². The van der Waals surface area contributed by atoms with Crippen LogP contribution < -0.4 is 9.47 Å². The molecule has 0 bridgehead atoms. The molecule has 9 heteroatoms.